The number of sulfonamides is 1. The van der Waals surface area contributed by atoms with Gasteiger partial charge in [0.1, 0.15) is 6.04 Å². The average Bonchev–Trinajstić information content (AvgIpc) is 2.53. The summed E-state index contributed by atoms with van der Waals surface area (Å²) < 4.78 is 26.8. The minimum Gasteiger partial charge on any atom is -0.261 e. The van der Waals surface area contributed by atoms with E-state index < -0.39 is 16.1 Å². The highest BCUT2D eigenvalue weighted by Gasteiger charge is 2.27. The Morgan fingerprint density at radius 3 is 2.71 bits per heavy atom. The molecular formula is C15H21N3O2S. The molecule has 1 atom stereocenters. The van der Waals surface area contributed by atoms with Gasteiger partial charge in [-0.1, -0.05) is 25.3 Å². The monoisotopic (exact) mass is 307 g/mol. The van der Waals surface area contributed by atoms with E-state index in [0.717, 1.165) is 31.4 Å². The van der Waals surface area contributed by atoms with Crippen molar-refractivity contribution in [2.75, 3.05) is 5.75 Å². The predicted molar refractivity (Wildman–Crippen MR) is 80.8 cm³/mol. The summed E-state index contributed by atoms with van der Waals surface area (Å²) >= 11 is 0. The maximum absolute atomic E-state index is 12.1. The minimum absolute atomic E-state index is 0.0328. The van der Waals surface area contributed by atoms with Crippen LogP contribution in [0.3, 0.4) is 0 Å². The molecule has 1 N–H and O–H groups in total. The lowest BCUT2D eigenvalue weighted by Gasteiger charge is -2.26. The van der Waals surface area contributed by atoms with Gasteiger partial charge in [0.05, 0.1) is 11.8 Å². The molecule has 0 radical (unpaired) electrons. The van der Waals surface area contributed by atoms with E-state index in [0.29, 0.717) is 6.42 Å². The highest BCUT2D eigenvalue weighted by atomic mass is 32.2. The highest BCUT2D eigenvalue weighted by Crippen LogP contribution is 2.26. The summed E-state index contributed by atoms with van der Waals surface area (Å²) in [5.74, 6) is 0.114. The van der Waals surface area contributed by atoms with Gasteiger partial charge in [0.25, 0.3) is 0 Å². The lowest BCUT2D eigenvalue weighted by molar-refractivity contribution is 0.324. The Bertz CT molecular complexity index is 575. The zero-order valence-corrected chi connectivity index (χ0v) is 12.8. The molecule has 1 aliphatic rings. The first-order valence-electron chi connectivity index (χ1n) is 7.40. The van der Waals surface area contributed by atoms with Crippen LogP contribution in [0.5, 0.6) is 0 Å². The van der Waals surface area contributed by atoms with Crippen molar-refractivity contribution >= 4 is 10.0 Å². The molecule has 1 heterocycles. The van der Waals surface area contributed by atoms with Gasteiger partial charge < -0.3 is 0 Å². The maximum atomic E-state index is 12.1. The third-order valence-corrected chi connectivity index (χ3v) is 5.27. The van der Waals surface area contributed by atoms with Crippen LogP contribution < -0.4 is 4.72 Å². The van der Waals surface area contributed by atoms with Crippen LogP contribution >= 0.6 is 0 Å². The summed E-state index contributed by atoms with van der Waals surface area (Å²) in [6.07, 6.45) is 7.22. The van der Waals surface area contributed by atoms with Crippen molar-refractivity contribution in [1.29, 1.82) is 5.26 Å². The van der Waals surface area contributed by atoms with Crippen molar-refractivity contribution < 1.29 is 8.42 Å². The number of aryl methyl sites for hydroxylation is 1. The molecule has 5 nitrogen and oxygen atoms in total. The van der Waals surface area contributed by atoms with Crippen LogP contribution in [0.1, 0.15) is 37.8 Å². The minimum atomic E-state index is -3.45. The third-order valence-electron chi connectivity index (χ3n) is 3.92. The first-order chi connectivity index (χ1) is 10.1. The van der Waals surface area contributed by atoms with Crippen LogP contribution in [-0.4, -0.2) is 25.2 Å². The van der Waals surface area contributed by atoms with E-state index in [-0.39, 0.29) is 11.7 Å². The predicted octanol–water partition coefficient (Wildman–Crippen LogP) is 2.02. The van der Waals surface area contributed by atoms with Gasteiger partial charge in [0.15, 0.2) is 0 Å². The molecule has 21 heavy (non-hydrogen) atoms. The summed E-state index contributed by atoms with van der Waals surface area (Å²) in [5.41, 5.74) is 0.744. The molecule has 0 spiro atoms. The number of nitriles is 1. The average molecular weight is 307 g/mol. The van der Waals surface area contributed by atoms with E-state index >= 15 is 0 Å². The number of aromatic nitrogens is 1. The topological polar surface area (TPSA) is 82.9 Å². The Kier molecular flexibility index (Phi) is 5.71. The van der Waals surface area contributed by atoms with Crippen LogP contribution in [0.25, 0.3) is 0 Å². The van der Waals surface area contributed by atoms with Crippen molar-refractivity contribution in [3.8, 4) is 6.07 Å². The van der Waals surface area contributed by atoms with E-state index in [1.165, 1.54) is 6.42 Å². The molecule has 0 saturated heterocycles. The molecule has 0 aromatic carbocycles. The van der Waals surface area contributed by atoms with Gasteiger partial charge in [0, 0.05) is 18.3 Å². The fourth-order valence-corrected chi connectivity index (χ4v) is 3.96. The fourth-order valence-electron chi connectivity index (χ4n) is 2.73. The number of hydrogen-bond acceptors (Lipinski definition) is 4. The number of pyridine rings is 1. The van der Waals surface area contributed by atoms with Gasteiger partial charge in [-0.3, -0.25) is 4.98 Å². The van der Waals surface area contributed by atoms with Gasteiger partial charge in [-0.2, -0.15) is 9.98 Å². The van der Waals surface area contributed by atoms with Crippen LogP contribution in [0, 0.1) is 17.2 Å². The van der Waals surface area contributed by atoms with Crippen molar-refractivity contribution in [1.82, 2.24) is 9.71 Å². The lowest BCUT2D eigenvalue weighted by atomic mass is 9.85. The summed E-state index contributed by atoms with van der Waals surface area (Å²) in [5, 5.41) is 9.24. The Morgan fingerprint density at radius 1 is 1.33 bits per heavy atom. The Labute approximate surface area is 126 Å². The molecule has 1 aliphatic carbocycles. The van der Waals surface area contributed by atoms with Crippen molar-refractivity contribution in [3.05, 3.63) is 30.1 Å². The van der Waals surface area contributed by atoms with Gasteiger partial charge in [-0.25, -0.2) is 8.42 Å². The first kappa shape index (κ1) is 15.9. The van der Waals surface area contributed by atoms with E-state index in [4.69, 9.17) is 0 Å². The number of hydrogen-bond donors (Lipinski definition) is 1. The van der Waals surface area contributed by atoms with Gasteiger partial charge in [0.2, 0.25) is 10.0 Å². The molecule has 2 rings (SSSR count). The van der Waals surface area contributed by atoms with Crippen LogP contribution in [-0.2, 0) is 16.4 Å². The highest BCUT2D eigenvalue weighted by molar-refractivity contribution is 7.89. The van der Waals surface area contributed by atoms with Crippen LogP contribution in [0.2, 0.25) is 0 Å². The SMILES string of the molecule is N#CC(NS(=O)(=O)CCc1ccccn1)C1CCCCC1. The summed E-state index contributed by atoms with van der Waals surface area (Å²) in [6, 6.07) is 6.96. The van der Waals surface area contributed by atoms with Gasteiger partial charge in [-0.15, -0.1) is 0 Å². The quantitative estimate of drug-likeness (QED) is 0.871. The molecule has 0 bridgehead atoms. The molecule has 1 aromatic heterocycles. The van der Waals surface area contributed by atoms with Crippen LogP contribution in [0.4, 0.5) is 0 Å². The standard InChI is InChI=1S/C15H21N3O2S/c16-12-15(13-6-2-1-3-7-13)18-21(19,20)11-9-14-8-4-5-10-17-14/h4-5,8,10,13,15,18H,1-3,6-7,9,11H2. The zero-order valence-electron chi connectivity index (χ0n) is 12.0. The smallest absolute Gasteiger partial charge is 0.213 e. The lowest BCUT2D eigenvalue weighted by Crippen LogP contribution is -2.41. The third kappa shape index (κ3) is 5.10. The molecule has 1 fully saturated rings. The number of nitrogens with zero attached hydrogens (tertiary/aromatic N) is 2. The second-order valence-electron chi connectivity index (χ2n) is 5.51. The Morgan fingerprint density at radius 2 is 2.10 bits per heavy atom. The van der Waals surface area contributed by atoms with E-state index in [2.05, 4.69) is 15.8 Å². The largest absolute Gasteiger partial charge is 0.261 e. The van der Waals surface area contributed by atoms with E-state index in [9.17, 15) is 13.7 Å². The molecule has 1 saturated carbocycles. The van der Waals surface area contributed by atoms with Crippen molar-refractivity contribution in [2.45, 2.75) is 44.6 Å². The maximum Gasteiger partial charge on any atom is 0.213 e. The number of nitrogens with one attached hydrogen (secondary N) is 1. The van der Waals surface area contributed by atoms with E-state index in [1.54, 1.807) is 18.3 Å². The number of rotatable bonds is 6. The molecule has 114 valence electrons. The van der Waals surface area contributed by atoms with E-state index in [1.807, 2.05) is 6.07 Å². The molecule has 1 unspecified atom stereocenters. The second kappa shape index (κ2) is 7.53. The van der Waals surface area contributed by atoms with Crippen molar-refractivity contribution in [3.63, 3.8) is 0 Å². The fraction of sp³-hybridized carbons (Fsp3) is 0.600. The Hall–Kier alpha value is -1.45. The molecule has 6 heteroatoms. The Balaban J connectivity index is 1.91. The molecule has 0 aliphatic heterocycles. The second-order valence-corrected chi connectivity index (χ2v) is 7.39. The first-order valence-corrected chi connectivity index (χ1v) is 9.05. The summed E-state index contributed by atoms with van der Waals surface area (Å²) in [7, 11) is -3.45. The normalized spacial score (nSPS) is 18.0. The molecule has 0 amide bonds. The van der Waals surface area contributed by atoms with Gasteiger partial charge >= 0.3 is 0 Å². The summed E-state index contributed by atoms with van der Waals surface area (Å²) in [4.78, 5) is 4.11. The van der Waals surface area contributed by atoms with Crippen molar-refractivity contribution in [2.24, 2.45) is 5.92 Å². The molecule has 1 aromatic rings. The summed E-state index contributed by atoms with van der Waals surface area (Å²) in [6.45, 7) is 0. The zero-order chi connectivity index (χ0) is 15.1. The van der Waals surface area contributed by atoms with Gasteiger partial charge in [-0.05, 0) is 30.9 Å². The van der Waals surface area contributed by atoms with Crippen LogP contribution in [0.15, 0.2) is 24.4 Å². The molecular weight excluding hydrogens is 286 g/mol.